The van der Waals surface area contributed by atoms with Crippen LogP contribution in [-0.4, -0.2) is 35.3 Å². The number of nitrogens with zero attached hydrogens (tertiary/aromatic N) is 4. The molecule has 1 fully saturated rings. The number of hydrogen-bond acceptors (Lipinski definition) is 6. The quantitative estimate of drug-likeness (QED) is 0.256. The smallest absolute Gasteiger partial charge is 1.00 e. The molecule has 4 aromatic rings. The summed E-state index contributed by atoms with van der Waals surface area (Å²) in [5, 5.41) is 10.5. The lowest BCUT2D eigenvalue weighted by atomic mass is 9.99. The number of aryl methyl sites for hydroxylation is 1. The normalized spacial score (nSPS) is 16.5. The molecule has 2 aliphatic heterocycles. The Balaban J connectivity index is 0.00000221. The highest BCUT2D eigenvalue weighted by Crippen LogP contribution is 2.45. The van der Waals surface area contributed by atoms with Crippen LogP contribution in [0.25, 0.3) is 11.1 Å². The zero-order valence-electron chi connectivity index (χ0n) is 23.5. The van der Waals surface area contributed by atoms with Crippen LogP contribution in [0.4, 0.5) is 25.8 Å². The predicted molar refractivity (Wildman–Crippen MR) is 166 cm³/mol. The maximum Gasteiger partial charge on any atom is 1.00 e. The van der Waals surface area contributed by atoms with Crippen molar-refractivity contribution < 1.29 is 31.9 Å². The van der Waals surface area contributed by atoms with Crippen molar-refractivity contribution in [3.63, 3.8) is 0 Å². The summed E-state index contributed by atoms with van der Waals surface area (Å²) < 4.78 is 39.1. The van der Waals surface area contributed by atoms with Gasteiger partial charge in [0, 0.05) is 29.9 Å². The highest BCUT2D eigenvalue weighted by atomic mass is 79.9. The molecule has 1 saturated heterocycles. The molecule has 6 rings (SSSR count). The molecule has 3 heterocycles. The molecule has 1 unspecified atom stereocenters. The van der Waals surface area contributed by atoms with Gasteiger partial charge < -0.3 is 37.3 Å². The number of halogens is 7. The largest absolute Gasteiger partial charge is 1.00 e. The van der Waals surface area contributed by atoms with Gasteiger partial charge in [-0.1, -0.05) is 46.4 Å². The average molecular weight is 733 g/mol. The second-order valence-corrected chi connectivity index (χ2v) is 11.6. The third-order valence-corrected chi connectivity index (χ3v) is 8.80. The van der Waals surface area contributed by atoms with E-state index in [1.165, 1.54) is 35.5 Å². The van der Waals surface area contributed by atoms with Crippen LogP contribution < -0.4 is 37.3 Å². The van der Waals surface area contributed by atoms with E-state index < -0.39 is 17.8 Å². The Morgan fingerprint density at radius 3 is 2.40 bits per heavy atom. The zero-order valence-corrected chi connectivity index (χ0v) is 27.1. The molecule has 0 radical (unpaired) electrons. The second-order valence-electron chi connectivity index (χ2n) is 9.99. The standard InChI is InChI=1S/C29H24Cl4F2N6O.BrH/c1-40-13-15(12-38-40)17-10-22-18(11-24(17)42-16-6-8-36-9-7-16)29(39-21-4-2-19(30)25(32)27(21)34)41(14-37-22)23-5-3-20(31)26(33)28(23)35;/h2-5,10-14,16,29,36,39H,6-9H2,1H3;1H. The maximum atomic E-state index is 15.5. The molecule has 2 N–H and O–H groups in total. The molecule has 0 saturated carbocycles. The summed E-state index contributed by atoms with van der Waals surface area (Å²) in [6, 6.07) is 9.66. The molecule has 0 spiro atoms. The van der Waals surface area contributed by atoms with Gasteiger partial charge in [-0.2, -0.15) is 5.10 Å². The van der Waals surface area contributed by atoms with Gasteiger partial charge in [0.2, 0.25) is 0 Å². The monoisotopic (exact) mass is 730 g/mol. The van der Waals surface area contributed by atoms with Crippen LogP contribution in [0.2, 0.25) is 20.1 Å². The van der Waals surface area contributed by atoms with Crippen molar-refractivity contribution in [3.05, 3.63) is 86.1 Å². The molecule has 1 atom stereocenters. The number of nitrogens with one attached hydrogen (secondary N) is 2. The van der Waals surface area contributed by atoms with Crippen molar-refractivity contribution in [1.82, 2.24) is 15.1 Å². The minimum atomic E-state index is -0.866. The number of hydrogen-bond donors (Lipinski definition) is 2. The average Bonchev–Trinajstić information content (AvgIpc) is 3.43. The van der Waals surface area contributed by atoms with E-state index in [0.717, 1.165) is 37.1 Å². The van der Waals surface area contributed by atoms with Crippen molar-refractivity contribution in [2.75, 3.05) is 23.3 Å². The molecule has 3 aromatic carbocycles. The molecular weight excluding hydrogens is 708 g/mol. The Hall–Kier alpha value is -2.60. The van der Waals surface area contributed by atoms with E-state index in [4.69, 9.17) is 51.1 Å². The lowest BCUT2D eigenvalue weighted by Crippen LogP contribution is -3.00. The Labute approximate surface area is 279 Å². The third-order valence-electron chi connectivity index (χ3n) is 7.24. The van der Waals surface area contributed by atoms with Gasteiger partial charge in [-0.05, 0) is 62.3 Å². The van der Waals surface area contributed by atoms with Crippen molar-refractivity contribution in [2.24, 2.45) is 12.0 Å². The van der Waals surface area contributed by atoms with Crippen LogP contribution >= 0.6 is 46.4 Å². The van der Waals surface area contributed by atoms with Crippen LogP contribution in [0.15, 0.2) is 53.8 Å². The van der Waals surface area contributed by atoms with Crippen molar-refractivity contribution >= 4 is 69.8 Å². The van der Waals surface area contributed by atoms with Crippen molar-refractivity contribution in [1.29, 1.82) is 0 Å². The van der Waals surface area contributed by atoms with Gasteiger partial charge in [0.15, 0.2) is 11.6 Å². The summed E-state index contributed by atoms with van der Waals surface area (Å²) in [5.41, 5.74) is 2.95. The summed E-state index contributed by atoms with van der Waals surface area (Å²) in [4.78, 5) is 6.17. The first-order valence-electron chi connectivity index (χ1n) is 13.1. The van der Waals surface area contributed by atoms with E-state index in [2.05, 4.69) is 20.7 Å². The summed E-state index contributed by atoms with van der Waals surface area (Å²) >= 11 is 24.4. The molecule has 2 aliphatic rings. The van der Waals surface area contributed by atoms with Gasteiger partial charge in [-0.15, -0.1) is 0 Å². The Kier molecular flexibility index (Phi) is 9.75. The van der Waals surface area contributed by atoms with Crippen LogP contribution in [0.1, 0.15) is 26.0 Å². The van der Waals surface area contributed by atoms with Gasteiger partial charge in [0.25, 0.3) is 0 Å². The minimum Gasteiger partial charge on any atom is -1.00 e. The van der Waals surface area contributed by atoms with E-state index in [-0.39, 0.29) is 56.0 Å². The second kappa shape index (κ2) is 13.2. The molecular formula is C29H25BrCl4F2N6O. The SMILES string of the molecule is Cn1cc(-c2cc3c(cc2OC2CCNCC2)C(Nc2ccc(Cl)c(Cl)c2F)N(c2ccc(Cl)c(Cl)c2F)C=N3)cn1.[Br-].[H+]. The Morgan fingerprint density at radius 2 is 1.70 bits per heavy atom. The molecule has 0 bridgehead atoms. The van der Waals surface area contributed by atoms with Gasteiger partial charge in [0.1, 0.15) is 18.0 Å². The van der Waals surface area contributed by atoms with Gasteiger partial charge in [-0.25, -0.2) is 13.8 Å². The van der Waals surface area contributed by atoms with E-state index in [1.54, 1.807) is 10.9 Å². The van der Waals surface area contributed by atoms with Gasteiger partial charge in [0.05, 0.1) is 49.7 Å². The number of rotatable bonds is 6. The van der Waals surface area contributed by atoms with Gasteiger partial charge in [-0.3, -0.25) is 4.68 Å². The Morgan fingerprint density at radius 1 is 1.00 bits per heavy atom. The molecule has 43 heavy (non-hydrogen) atoms. The fraction of sp³-hybridized carbons (Fsp3) is 0.241. The summed E-state index contributed by atoms with van der Waals surface area (Å²) in [5.74, 6) is -0.902. The summed E-state index contributed by atoms with van der Waals surface area (Å²) in [7, 11) is 1.84. The highest BCUT2D eigenvalue weighted by Gasteiger charge is 2.32. The number of piperidine rings is 1. The van der Waals surface area contributed by atoms with E-state index in [9.17, 15) is 0 Å². The Bertz CT molecular complexity index is 1710. The zero-order chi connectivity index (χ0) is 29.5. The maximum absolute atomic E-state index is 15.5. The number of ether oxygens (including phenoxy) is 1. The van der Waals surface area contributed by atoms with Gasteiger partial charge >= 0.3 is 1.43 Å². The first-order valence-corrected chi connectivity index (χ1v) is 14.6. The first kappa shape index (κ1) is 31.8. The van der Waals surface area contributed by atoms with Crippen LogP contribution in [0.5, 0.6) is 5.75 Å². The van der Waals surface area contributed by atoms with E-state index in [0.29, 0.717) is 17.0 Å². The number of aromatic nitrogens is 2. The predicted octanol–water partition coefficient (Wildman–Crippen LogP) is 5.52. The first-order chi connectivity index (χ1) is 20.2. The topological polar surface area (TPSA) is 66.7 Å². The molecule has 7 nitrogen and oxygen atoms in total. The minimum absolute atomic E-state index is 0. The van der Waals surface area contributed by atoms with E-state index >= 15 is 8.78 Å². The number of fused-ring (bicyclic) bond motifs is 1. The van der Waals surface area contributed by atoms with Crippen LogP contribution in [0.3, 0.4) is 0 Å². The number of benzene rings is 3. The molecule has 0 aliphatic carbocycles. The molecule has 14 heteroatoms. The lowest BCUT2D eigenvalue weighted by Gasteiger charge is -2.36. The molecule has 226 valence electrons. The number of aliphatic imine (C=N–C) groups is 1. The van der Waals surface area contributed by atoms with Crippen LogP contribution in [-0.2, 0) is 7.05 Å². The van der Waals surface area contributed by atoms with Crippen molar-refractivity contribution in [3.8, 4) is 16.9 Å². The lowest BCUT2D eigenvalue weighted by molar-refractivity contribution is -0.0000103. The molecule has 0 amide bonds. The summed E-state index contributed by atoms with van der Waals surface area (Å²) in [6.45, 7) is 1.68. The summed E-state index contributed by atoms with van der Waals surface area (Å²) in [6.07, 6.45) is 5.88. The van der Waals surface area contributed by atoms with Crippen LogP contribution in [0, 0.1) is 11.6 Å². The molecule has 1 aromatic heterocycles. The van der Waals surface area contributed by atoms with E-state index in [1.807, 2.05) is 25.4 Å². The fourth-order valence-electron chi connectivity index (χ4n) is 5.08. The highest BCUT2D eigenvalue weighted by molar-refractivity contribution is 6.42. The number of anilines is 2. The van der Waals surface area contributed by atoms with Crippen molar-refractivity contribution in [2.45, 2.75) is 25.1 Å². The fourth-order valence-corrected chi connectivity index (χ4v) is 5.70. The third kappa shape index (κ3) is 6.32.